The average Bonchev–Trinajstić information content (AvgIpc) is 3.50. The quantitative estimate of drug-likeness (QED) is 0.307. The minimum Gasteiger partial charge on any atom is -0.496 e. The van der Waals surface area contributed by atoms with E-state index in [0.717, 1.165) is 39.8 Å². The zero-order valence-electron chi connectivity index (χ0n) is 22.1. The number of aromatic nitrogens is 4. The molecule has 0 spiro atoms. The SMILES string of the molecule is COc1cc(C(=O)N2CCC(c3nc(C(=O)NN(C)c4cnc5ccccc5n4)cs3)CC2)nc2ccccc12. The van der Waals surface area contributed by atoms with Gasteiger partial charge >= 0.3 is 0 Å². The number of hydrazine groups is 1. The normalized spacial score (nSPS) is 13.9. The van der Waals surface area contributed by atoms with Gasteiger partial charge in [-0.15, -0.1) is 11.3 Å². The van der Waals surface area contributed by atoms with Crippen molar-refractivity contribution in [2.75, 3.05) is 32.3 Å². The van der Waals surface area contributed by atoms with Crippen LogP contribution in [0.15, 0.2) is 66.2 Å². The first-order valence-electron chi connectivity index (χ1n) is 12.9. The number of para-hydroxylation sites is 3. The van der Waals surface area contributed by atoms with Crippen LogP contribution >= 0.6 is 11.3 Å². The van der Waals surface area contributed by atoms with E-state index in [1.165, 1.54) is 11.3 Å². The maximum absolute atomic E-state index is 13.3. The number of carbonyl (C=O) groups excluding carboxylic acids is 2. The first-order chi connectivity index (χ1) is 19.5. The third-order valence-electron chi connectivity index (χ3n) is 7.05. The predicted molar refractivity (Wildman–Crippen MR) is 154 cm³/mol. The van der Waals surface area contributed by atoms with Gasteiger partial charge in [0.15, 0.2) is 5.82 Å². The number of anilines is 1. The molecule has 1 fully saturated rings. The molecule has 1 aliphatic rings. The first kappa shape index (κ1) is 25.6. The molecule has 40 heavy (non-hydrogen) atoms. The van der Waals surface area contributed by atoms with Crippen molar-refractivity contribution in [1.82, 2.24) is 30.3 Å². The van der Waals surface area contributed by atoms with Crippen LogP contribution in [0.3, 0.4) is 0 Å². The molecule has 5 aromatic rings. The number of fused-ring (bicyclic) bond motifs is 2. The van der Waals surface area contributed by atoms with Crippen molar-refractivity contribution in [1.29, 1.82) is 0 Å². The summed E-state index contributed by atoms with van der Waals surface area (Å²) < 4.78 is 5.51. The third-order valence-corrected chi connectivity index (χ3v) is 8.06. The topological polar surface area (TPSA) is 113 Å². The number of methoxy groups -OCH3 is 1. The summed E-state index contributed by atoms with van der Waals surface area (Å²) >= 11 is 1.47. The van der Waals surface area contributed by atoms with Gasteiger partial charge in [0.2, 0.25) is 0 Å². The molecule has 6 rings (SSSR count). The highest BCUT2D eigenvalue weighted by Gasteiger charge is 2.28. The number of piperidine rings is 1. The van der Waals surface area contributed by atoms with Crippen LogP contribution in [0.2, 0.25) is 0 Å². The fourth-order valence-electron chi connectivity index (χ4n) is 4.87. The van der Waals surface area contributed by atoms with Gasteiger partial charge in [0.1, 0.15) is 17.1 Å². The minimum atomic E-state index is -0.316. The number of pyridine rings is 1. The van der Waals surface area contributed by atoms with Gasteiger partial charge in [-0.1, -0.05) is 24.3 Å². The molecule has 0 aliphatic carbocycles. The molecule has 3 aromatic heterocycles. The Morgan fingerprint density at radius 2 is 1.70 bits per heavy atom. The smallest absolute Gasteiger partial charge is 0.289 e. The Bertz CT molecular complexity index is 1710. The van der Waals surface area contributed by atoms with Crippen LogP contribution in [-0.4, -0.2) is 63.9 Å². The molecule has 0 unspecified atom stereocenters. The van der Waals surface area contributed by atoms with Gasteiger partial charge in [-0.3, -0.25) is 25.0 Å². The molecule has 4 heterocycles. The molecule has 0 saturated carbocycles. The van der Waals surface area contributed by atoms with Crippen molar-refractivity contribution >= 4 is 50.9 Å². The second kappa shape index (κ2) is 10.9. The minimum absolute atomic E-state index is 0.110. The maximum Gasteiger partial charge on any atom is 0.289 e. The van der Waals surface area contributed by atoms with E-state index in [-0.39, 0.29) is 17.7 Å². The lowest BCUT2D eigenvalue weighted by atomic mass is 9.97. The second-order valence-electron chi connectivity index (χ2n) is 9.58. The maximum atomic E-state index is 13.3. The van der Waals surface area contributed by atoms with Crippen LogP contribution in [0, 0.1) is 0 Å². The number of carbonyl (C=O) groups is 2. The Kier molecular flexibility index (Phi) is 6.95. The lowest BCUT2D eigenvalue weighted by Gasteiger charge is -2.31. The summed E-state index contributed by atoms with van der Waals surface area (Å²) in [6.45, 7) is 1.18. The Hall–Kier alpha value is -4.64. The fraction of sp³-hybridized carbons (Fsp3) is 0.241. The number of nitrogens with one attached hydrogen (secondary N) is 1. The Morgan fingerprint density at radius 3 is 2.48 bits per heavy atom. The van der Waals surface area contributed by atoms with Crippen LogP contribution < -0.4 is 15.2 Å². The lowest BCUT2D eigenvalue weighted by Crippen LogP contribution is -2.40. The summed E-state index contributed by atoms with van der Waals surface area (Å²) in [5, 5.41) is 5.09. The van der Waals surface area contributed by atoms with E-state index in [4.69, 9.17) is 4.74 Å². The van der Waals surface area contributed by atoms with Crippen molar-refractivity contribution in [3.05, 3.63) is 82.6 Å². The van der Waals surface area contributed by atoms with Crippen LogP contribution in [-0.2, 0) is 0 Å². The lowest BCUT2D eigenvalue weighted by molar-refractivity contribution is 0.0707. The number of ether oxygens (including phenoxy) is 1. The highest BCUT2D eigenvalue weighted by molar-refractivity contribution is 7.09. The van der Waals surface area contributed by atoms with E-state index < -0.39 is 0 Å². The van der Waals surface area contributed by atoms with E-state index in [2.05, 4.69) is 25.4 Å². The number of thiazole rings is 1. The second-order valence-corrected chi connectivity index (χ2v) is 10.5. The van der Waals surface area contributed by atoms with Crippen LogP contribution in [0.5, 0.6) is 5.75 Å². The number of hydrogen-bond acceptors (Lipinski definition) is 9. The highest BCUT2D eigenvalue weighted by atomic mass is 32.1. The van der Waals surface area contributed by atoms with Crippen LogP contribution in [0.25, 0.3) is 21.9 Å². The molecule has 0 radical (unpaired) electrons. The van der Waals surface area contributed by atoms with Gasteiger partial charge in [0.25, 0.3) is 11.8 Å². The summed E-state index contributed by atoms with van der Waals surface area (Å²) in [6, 6.07) is 16.9. The van der Waals surface area contributed by atoms with Gasteiger partial charge < -0.3 is 9.64 Å². The molecule has 1 aliphatic heterocycles. The Balaban J connectivity index is 1.08. The molecular weight excluding hydrogens is 526 g/mol. The highest BCUT2D eigenvalue weighted by Crippen LogP contribution is 2.32. The van der Waals surface area contributed by atoms with Gasteiger partial charge in [0.05, 0.1) is 34.9 Å². The van der Waals surface area contributed by atoms with Crippen LogP contribution in [0.4, 0.5) is 5.82 Å². The van der Waals surface area contributed by atoms with E-state index in [1.54, 1.807) is 36.8 Å². The molecule has 1 N–H and O–H groups in total. The summed E-state index contributed by atoms with van der Waals surface area (Å²) in [5.41, 5.74) is 5.82. The van der Waals surface area contributed by atoms with Crippen molar-refractivity contribution in [3.63, 3.8) is 0 Å². The first-order valence-corrected chi connectivity index (χ1v) is 13.8. The molecule has 2 amide bonds. The zero-order chi connectivity index (χ0) is 27.6. The van der Waals surface area contributed by atoms with Crippen molar-refractivity contribution in [2.24, 2.45) is 0 Å². The van der Waals surface area contributed by atoms with Gasteiger partial charge in [-0.25, -0.2) is 15.0 Å². The number of hydrogen-bond donors (Lipinski definition) is 1. The number of benzene rings is 2. The average molecular weight is 554 g/mol. The van der Waals surface area contributed by atoms with Crippen LogP contribution in [0.1, 0.15) is 44.7 Å². The molecule has 2 aromatic carbocycles. The van der Waals surface area contributed by atoms with E-state index >= 15 is 0 Å². The number of amides is 2. The number of likely N-dealkylation sites (tertiary alicyclic amines) is 1. The summed E-state index contributed by atoms with van der Waals surface area (Å²) in [7, 11) is 3.32. The van der Waals surface area contributed by atoms with Crippen molar-refractivity contribution in [3.8, 4) is 5.75 Å². The van der Waals surface area contributed by atoms with E-state index in [9.17, 15) is 9.59 Å². The predicted octanol–water partition coefficient (Wildman–Crippen LogP) is 4.44. The molecule has 0 atom stereocenters. The zero-order valence-corrected chi connectivity index (χ0v) is 22.9. The summed E-state index contributed by atoms with van der Waals surface area (Å²) in [4.78, 5) is 46.2. The Labute approximate surface area is 234 Å². The van der Waals surface area contributed by atoms with Gasteiger partial charge in [-0.2, -0.15) is 0 Å². The van der Waals surface area contributed by atoms with E-state index in [0.29, 0.717) is 36.0 Å². The molecule has 1 saturated heterocycles. The van der Waals surface area contributed by atoms with Gasteiger partial charge in [0, 0.05) is 42.9 Å². The van der Waals surface area contributed by atoms with E-state index in [1.807, 2.05) is 53.4 Å². The fourth-order valence-corrected chi connectivity index (χ4v) is 5.84. The Morgan fingerprint density at radius 1 is 0.975 bits per heavy atom. The van der Waals surface area contributed by atoms with Crippen molar-refractivity contribution < 1.29 is 14.3 Å². The standard InChI is InChI=1S/C29H27N7O3S/c1-35(26-16-30-21-9-5-6-10-22(21)32-26)34-27(37)24-17-40-28(33-24)18-11-13-36(14-12-18)29(38)23-15-25(39-2)19-7-3-4-8-20(19)31-23/h3-10,15-18H,11-14H2,1-2H3,(H,34,37). The van der Waals surface area contributed by atoms with Crippen molar-refractivity contribution in [2.45, 2.75) is 18.8 Å². The molecule has 202 valence electrons. The van der Waals surface area contributed by atoms with Gasteiger partial charge in [-0.05, 0) is 37.1 Å². The third kappa shape index (κ3) is 5.03. The summed E-state index contributed by atoms with van der Waals surface area (Å²) in [6.07, 6.45) is 3.14. The number of rotatable bonds is 6. The molecule has 10 nitrogen and oxygen atoms in total. The molecular formula is C29H27N7O3S. The largest absolute Gasteiger partial charge is 0.496 e. The molecule has 11 heteroatoms. The molecule has 0 bridgehead atoms. The monoisotopic (exact) mass is 553 g/mol. The number of nitrogens with zero attached hydrogens (tertiary/aromatic N) is 6. The summed E-state index contributed by atoms with van der Waals surface area (Å²) in [5.74, 6) is 0.915.